The van der Waals surface area contributed by atoms with Crippen molar-refractivity contribution in [1.82, 2.24) is 5.32 Å². The molecule has 1 nitrogen and oxygen atoms in total. The van der Waals surface area contributed by atoms with Gasteiger partial charge in [-0.25, -0.2) is 13.2 Å². The van der Waals surface area contributed by atoms with Crippen LogP contribution in [0.4, 0.5) is 13.2 Å². The maximum Gasteiger partial charge on any atom is 0.130 e. The summed E-state index contributed by atoms with van der Waals surface area (Å²) < 4.78 is 39.2. The van der Waals surface area contributed by atoms with Crippen LogP contribution in [-0.4, -0.2) is 0 Å². The fraction of sp³-hybridized carbons (Fsp3) is 0.250. The predicted octanol–water partition coefficient (Wildman–Crippen LogP) is 4.34. The van der Waals surface area contributed by atoms with Crippen LogP contribution in [-0.2, 0) is 6.54 Å². The largest absolute Gasteiger partial charge is 0.306 e. The van der Waals surface area contributed by atoms with E-state index in [9.17, 15) is 13.2 Å². The van der Waals surface area contributed by atoms with Crippen molar-refractivity contribution in [2.75, 3.05) is 0 Å². The smallest absolute Gasteiger partial charge is 0.130 e. The minimum absolute atomic E-state index is 0.0000491. The molecule has 2 aromatic carbocycles. The summed E-state index contributed by atoms with van der Waals surface area (Å²) >= 11 is 0. The van der Waals surface area contributed by atoms with Crippen LogP contribution in [0.2, 0.25) is 0 Å². The zero-order valence-electron chi connectivity index (χ0n) is 11.2. The molecule has 1 atom stereocenters. The molecule has 0 aromatic heterocycles. The van der Waals surface area contributed by atoms with Crippen LogP contribution in [0.3, 0.4) is 0 Å². The highest BCUT2D eigenvalue weighted by molar-refractivity contribution is 5.21. The van der Waals surface area contributed by atoms with E-state index in [2.05, 4.69) is 5.32 Å². The minimum Gasteiger partial charge on any atom is -0.306 e. The van der Waals surface area contributed by atoms with Gasteiger partial charge in [-0.15, -0.1) is 0 Å². The van der Waals surface area contributed by atoms with Crippen LogP contribution in [0.25, 0.3) is 0 Å². The van der Waals surface area contributed by atoms with Crippen molar-refractivity contribution in [1.29, 1.82) is 0 Å². The molecule has 1 N–H and O–H groups in total. The second-order valence-electron chi connectivity index (χ2n) is 4.63. The molecule has 0 bridgehead atoms. The summed E-state index contributed by atoms with van der Waals surface area (Å²) in [6, 6.07) is 9.75. The first-order chi connectivity index (χ1) is 9.60. The van der Waals surface area contributed by atoms with Crippen molar-refractivity contribution in [3.8, 4) is 0 Å². The molecule has 0 aliphatic rings. The summed E-state index contributed by atoms with van der Waals surface area (Å²) in [5.41, 5.74) is 1.35. The average molecular weight is 279 g/mol. The van der Waals surface area contributed by atoms with Gasteiger partial charge in [0.05, 0.1) is 0 Å². The molecular weight excluding hydrogens is 263 g/mol. The summed E-state index contributed by atoms with van der Waals surface area (Å²) in [6.07, 6.45) is 0.786. The Morgan fingerprint density at radius 2 is 1.60 bits per heavy atom. The van der Waals surface area contributed by atoms with Crippen LogP contribution in [0, 0.1) is 17.5 Å². The Morgan fingerprint density at radius 1 is 0.950 bits per heavy atom. The van der Waals surface area contributed by atoms with Gasteiger partial charge in [0.1, 0.15) is 17.5 Å². The van der Waals surface area contributed by atoms with E-state index in [-0.39, 0.29) is 11.9 Å². The first kappa shape index (κ1) is 14.6. The molecule has 20 heavy (non-hydrogen) atoms. The maximum atomic E-state index is 13.5. The lowest BCUT2D eigenvalue weighted by Gasteiger charge is -2.17. The third-order valence-electron chi connectivity index (χ3n) is 3.23. The highest BCUT2D eigenvalue weighted by atomic mass is 19.1. The summed E-state index contributed by atoms with van der Waals surface area (Å²) in [4.78, 5) is 0. The Morgan fingerprint density at radius 3 is 2.20 bits per heavy atom. The molecule has 4 heteroatoms. The topological polar surface area (TPSA) is 12.0 Å². The third kappa shape index (κ3) is 3.61. The molecule has 0 radical (unpaired) electrons. The van der Waals surface area contributed by atoms with E-state index in [0.717, 1.165) is 18.1 Å². The molecule has 1 unspecified atom stereocenters. The highest BCUT2D eigenvalue weighted by Gasteiger charge is 2.10. The quantitative estimate of drug-likeness (QED) is 0.858. The van der Waals surface area contributed by atoms with Crippen LogP contribution < -0.4 is 5.32 Å². The van der Waals surface area contributed by atoms with E-state index in [1.165, 1.54) is 24.3 Å². The van der Waals surface area contributed by atoms with E-state index in [1.807, 2.05) is 6.92 Å². The van der Waals surface area contributed by atoms with Gasteiger partial charge in [-0.3, -0.25) is 0 Å². The van der Waals surface area contributed by atoms with Crippen molar-refractivity contribution >= 4 is 0 Å². The Kier molecular flexibility index (Phi) is 4.79. The average Bonchev–Trinajstić information content (AvgIpc) is 2.43. The normalized spacial score (nSPS) is 12.4. The molecule has 0 spiro atoms. The maximum absolute atomic E-state index is 13.5. The minimum atomic E-state index is -0.586. The molecule has 0 fully saturated rings. The zero-order chi connectivity index (χ0) is 14.5. The standard InChI is InChI=1S/C16H16F3N/c1-2-16(11-3-6-13(17)7-4-11)20-10-12-5-8-14(18)9-15(12)19/h3-9,16,20H,2,10H2,1H3. The monoisotopic (exact) mass is 279 g/mol. The second-order valence-corrected chi connectivity index (χ2v) is 4.63. The van der Waals surface area contributed by atoms with E-state index in [4.69, 9.17) is 0 Å². The number of benzene rings is 2. The molecule has 2 aromatic rings. The Hall–Kier alpha value is -1.81. The predicted molar refractivity (Wildman–Crippen MR) is 72.6 cm³/mol. The van der Waals surface area contributed by atoms with Gasteiger partial charge < -0.3 is 5.32 Å². The van der Waals surface area contributed by atoms with Gasteiger partial charge in [0.15, 0.2) is 0 Å². The summed E-state index contributed by atoms with van der Waals surface area (Å²) in [6.45, 7) is 2.28. The molecule has 0 amide bonds. The Labute approximate surface area is 116 Å². The van der Waals surface area contributed by atoms with Crippen molar-refractivity contribution in [2.45, 2.75) is 25.9 Å². The van der Waals surface area contributed by atoms with E-state index in [1.54, 1.807) is 12.1 Å². The molecule has 106 valence electrons. The van der Waals surface area contributed by atoms with Gasteiger partial charge in [-0.2, -0.15) is 0 Å². The van der Waals surface area contributed by atoms with Gasteiger partial charge in [-0.1, -0.05) is 25.1 Å². The third-order valence-corrected chi connectivity index (χ3v) is 3.23. The fourth-order valence-corrected chi connectivity index (χ4v) is 2.09. The lowest BCUT2D eigenvalue weighted by Crippen LogP contribution is -2.21. The molecule has 0 saturated heterocycles. The zero-order valence-corrected chi connectivity index (χ0v) is 11.2. The van der Waals surface area contributed by atoms with Crippen molar-refractivity contribution in [3.63, 3.8) is 0 Å². The molecule has 0 heterocycles. The molecular formula is C16H16F3N. The van der Waals surface area contributed by atoms with Crippen molar-refractivity contribution in [2.24, 2.45) is 0 Å². The van der Waals surface area contributed by atoms with E-state index in [0.29, 0.717) is 12.1 Å². The van der Waals surface area contributed by atoms with Crippen LogP contribution in [0.1, 0.15) is 30.5 Å². The fourth-order valence-electron chi connectivity index (χ4n) is 2.09. The van der Waals surface area contributed by atoms with Gasteiger partial charge in [0.2, 0.25) is 0 Å². The molecule has 0 aliphatic heterocycles. The number of nitrogens with one attached hydrogen (secondary N) is 1. The van der Waals surface area contributed by atoms with Crippen LogP contribution in [0.15, 0.2) is 42.5 Å². The van der Waals surface area contributed by atoms with Gasteiger partial charge in [-0.05, 0) is 30.2 Å². The number of halogens is 3. The highest BCUT2D eigenvalue weighted by Crippen LogP contribution is 2.18. The lowest BCUT2D eigenvalue weighted by atomic mass is 10.0. The van der Waals surface area contributed by atoms with E-state index < -0.39 is 11.6 Å². The molecule has 0 saturated carbocycles. The Balaban J connectivity index is 2.05. The first-order valence-corrected chi connectivity index (χ1v) is 6.53. The Bertz CT molecular complexity index is 566. The summed E-state index contributed by atoms with van der Waals surface area (Å²) in [5, 5.41) is 3.20. The van der Waals surface area contributed by atoms with Crippen molar-refractivity contribution < 1.29 is 13.2 Å². The number of hydrogen-bond acceptors (Lipinski definition) is 1. The van der Waals surface area contributed by atoms with Gasteiger partial charge in [0.25, 0.3) is 0 Å². The SMILES string of the molecule is CCC(NCc1ccc(F)cc1F)c1ccc(F)cc1. The number of rotatable bonds is 5. The second kappa shape index (κ2) is 6.57. The van der Waals surface area contributed by atoms with Gasteiger partial charge >= 0.3 is 0 Å². The molecule has 2 rings (SSSR count). The summed E-state index contributed by atoms with van der Waals surface area (Å²) in [7, 11) is 0. The van der Waals surface area contributed by atoms with Crippen LogP contribution in [0.5, 0.6) is 0 Å². The van der Waals surface area contributed by atoms with Crippen molar-refractivity contribution in [3.05, 3.63) is 71.0 Å². The molecule has 0 aliphatic carbocycles. The summed E-state index contributed by atoms with van der Waals surface area (Å²) in [5.74, 6) is -1.43. The number of hydrogen-bond donors (Lipinski definition) is 1. The van der Waals surface area contributed by atoms with E-state index >= 15 is 0 Å². The van der Waals surface area contributed by atoms with Gasteiger partial charge in [0, 0.05) is 24.2 Å². The lowest BCUT2D eigenvalue weighted by molar-refractivity contribution is 0.499. The first-order valence-electron chi connectivity index (χ1n) is 6.53. The van der Waals surface area contributed by atoms with Crippen LogP contribution >= 0.6 is 0 Å².